The summed E-state index contributed by atoms with van der Waals surface area (Å²) < 4.78 is 0. The van der Waals surface area contributed by atoms with Crippen LogP contribution in [-0.2, 0) is 4.79 Å². The van der Waals surface area contributed by atoms with Crippen molar-refractivity contribution >= 4 is 5.97 Å². The minimum Gasteiger partial charge on any atom is -0.480 e. The van der Waals surface area contributed by atoms with Crippen molar-refractivity contribution in [1.29, 1.82) is 0 Å². The Bertz CT molecular complexity index is 469. The normalized spacial score (nSPS) is 23.2. The van der Waals surface area contributed by atoms with Gasteiger partial charge in [0.05, 0.1) is 0 Å². The van der Waals surface area contributed by atoms with Gasteiger partial charge in [-0.1, -0.05) is 43.2 Å². The molecule has 0 aromatic heterocycles. The molecule has 3 nitrogen and oxygen atoms in total. The molecule has 2 aliphatic carbocycles. The van der Waals surface area contributed by atoms with Gasteiger partial charge in [0.15, 0.2) is 0 Å². The van der Waals surface area contributed by atoms with E-state index < -0.39 is 12.0 Å². The molecule has 1 spiro atoms. The highest BCUT2D eigenvalue weighted by Crippen LogP contribution is 2.49. The first kappa shape index (κ1) is 14.6. The minimum absolute atomic E-state index is 0.345. The van der Waals surface area contributed by atoms with E-state index in [0.29, 0.717) is 11.5 Å². The van der Waals surface area contributed by atoms with Crippen molar-refractivity contribution in [2.24, 2.45) is 5.41 Å². The van der Waals surface area contributed by atoms with Gasteiger partial charge in [-0.2, -0.15) is 0 Å². The van der Waals surface area contributed by atoms with Gasteiger partial charge in [0, 0.05) is 6.04 Å². The lowest BCUT2D eigenvalue weighted by molar-refractivity contribution is -0.140. The van der Waals surface area contributed by atoms with Gasteiger partial charge in [-0.3, -0.25) is 10.1 Å². The number of rotatable bonds is 4. The molecule has 3 rings (SSSR count). The second-order valence-electron chi connectivity index (χ2n) is 6.83. The van der Waals surface area contributed by atoms with Crippen LogP contribution in [0.3, 0.4) is 0 Å². The molecule has 0 bridgehead atoms. The van der Waals surface area contributed by atoms with Crippen LogP contribution in [0.2, 0.25) is 0 Å². The molecule has 1 atom stereocenters. The fourth-order valence-electron chi connectivity index (χ4n) is 4.21. The van der Waals surface area contributed by atoms with Crippen molar-refractivity contribution in [3.63, 3.8) is 0 Å². The molecule has 1 aromatic rings. The fraction of sp³-hybridized carbons (Fsp3) is 0.611. The maximum Gasteiger partial charge on any atom is 0.325 e. The van der Waals surface area contributed by atoms with E-state index in [1.807, 2.05) is 30.3 Å². The molecule has 0 saturated heterocycles. The third kappa shape index (κ3) is 3.29. The van der Waals surface area contributed by atoms with Gasteiger partial charge in [-0.25, -0.2) is 0 Å². The summed E-state index contributed by atoms with van der Waals surface area (Å²) in [6.45, 7) is 0. The van der Waals surface area contributed by atoms with Crippen LogP contribution in [-0.4, -0.2) is 17.1 Å². The summed E-state index contributed by atoms with van der Waals surface area (Å²) in [5.74, 6) is -0.776. The van der Waals surface area contributed by atoms with E-state index in [1.54, 1.807) is 0 Å². The van der Waals surface area contributed by atoms with E-state index in [2.05, 4.69) is 5.32 Å². The second kappa shape index (κ2) is 6.18. The van der Waals surface area contributed by atoms with Gasteiger partial charge >= 0.3 is 5.97 Å². The average molecular weight is 287 g/mol. The molecule has 0 radical (unpaired) electrons. The van der Waals surface area contributed by atoms with E-state index in [9.17, 15) is 9.90 Å². The average Bonchev–Trinajstić information content (AvgIpc) is 2.96. The SMILES string of the molecule is O=C(O)C(NC1CCC2(CCCC2)CC1)c1ccccc1. The Kier molecular flexibility index (Phi) is 4.29. The van der Waals surface area contributed by atoms with E-state index in [4.69, 9.17) is 0 Å². The number of carboxylic acids is 1. The molecule has 21 heavy (non-hydrogen) atoms. The first-order chi connectivity index (χ1) is 10.2. The van der Waals surface area contributed by atoms with Gasteiger partial charge in [0.25, 0.3) is 0 Å². The number of nitrogens with one attached hydrogen (secondary N) is 1. The molecule has 2 aliphatic rings. The number of hydrogen-bond acceptors (Lipinski definition) is 2. The maximum absolute atomic E-state index is 11.6. The van der Waals surface area contributed by atoms with Crippen molar-refractivity contribution < 1.29 is 9.90 Å². The van der Waals surface area contributed by atoms with Crippen LogP contribution in [0.1, 0.15) is 63.0 Å². The van der Waals surface area contributed by atoms with Gasteiger partial charge in [-0.05, 0) is 49.5 Å². The first-order valence-electron chi connectivity index (χ1n) is 8.22. The van der Waals surface area contributed by atoms with Crippen LogP contribution < -0.4 is 5.32 Å². The molecule has 3 heteroatoms. The Hall–Kier alpha value is -1.35. The maximum atomic E-state index is 11.6. The highest BCUT2D eigenvalue weighted by Gasteiger charge is 2.38. The standard InChI is InChI=1S/C18H25NO2/c20-17(21)16(14-6-2-1-3-7-14)19-15-8-12-18(13-9-15)10-4-5-11-18/h1-3,6-7,15-16,19H,4-5,8-13H2,(H,20,21). The molecule has 0 heterocycles. The summed E-state index contributed by atoms with van der Waals surface area (Å²) in [6.07, 6.45) is 10.3. The Morgan fingerprint density at radius 2 is 1.71 bits per heavy atom. The van der Waals surface area contributed by atoms with Crippen LogP contribution in [0.4, 0.5) is 0 Å². The van der Waals surface area contributed by atoms with Gasteiger partial charge in [0.1, 0.15) is 6.04 Å². The molecule has 1 unspecified atom stereocenters. The lowest BCUT2D eigenvalue weighted by atomic mass is 9.71. The number of carbonyl (C=O) groups is 1. The number of hydrogen-bond donors (Lipinski definition) is 2. The highest BCUT2D eigenvalue weighted by atomic mass is 16.4. The van der Waals surface area contributed by atoms with Crippen molar-refractivity contribution in [3.8, 4) is 0 Å². The molecular weight excluding hydrogens is 262 g/mol. The van der Waals surface area contributed by atoms with E-state index in [-0.39, 0.29) is 0 Å². The lowest BCUT2D eigenvalue weighted by Crippen LogP contribution is -2.41. The minimum atomic E-state index is -0.776. The lowest BCUT2D eigenvalue weighted by Gasteiger charge is -2.38. The predicted molar refractivity (Wildman–Crippen MR) is 83.1 cm³/mol. The molecule has 0 aliphatic heterocycles. The van der Waals surface area contributed by atoms with Crippen molar-refractivity contribution in [3.05, 3.63) is 35.9 Å². The van der Waals surface area contributed by atoms with Crippen LogP contribution in [0, 0.1) is 5.41 Å². The highest BCUT2D eigenvalue weighted by molar-refractivity contribution is 5.75. The van der Waals surface area contributed by atoms with E-state index in [1.165, 1.54) is 38.5 Å². The third-order valence-corrected chi connectivity index (χ3v) is 5.49. The molecule has 2 N–H and O–H groups in total. The summed E-state index contributed by atoms with van der Waals surface area (Å²) in [4.78, 5) is 11.6. The molecule has 1 aromatic carbocycles. The van der Waals surface area contributed by atoms with E-state index >= 15 is 0 Å². The summed E-state index contributed by atoms with van der Waals surface area (Å²) >= 11 is 0. The zero-order chi connectivity index (χ0) is 14.7. The zero-order valence-electron chi connectivity index (χ0n) is 12.6. The number of benzene rings is 1. The second-order valence-corrected chi connectivity index (χ2v) is 6.83. The monoisotopic (exact) mass is 287 g/mol. The summed E-state index contributed by atoms with van der Waals surface area (Å²) in [5.41, 5.74) is 1.45. The third-order valence-electron chi connectivity index (χ3n) is 5.49. The number of carboxylic acid groups (broad SMARTS) is 1. The molecule has 114 valence electrons. The topological polar surface area (TPSA) is 49.3 Å². The van der Waals surface area contributed by atoms with Crippen molar-refractivity contribution in [2.45, 2.75) is 63.5 Å². The van der Waals surface area contributed by atoms with Crippen LogP contribution in [0.5, 0.6) is 0 Å². The van der Waals surface area contributed by atoms with Gasteiger partial charge in [0.2, 0.25) is 0 Å². The van der Waals surface area contributed by atoms with Gasteiger partial charge < -0.3 is 5.11 Å². The molecule has 0 amide bonds. The fourth-order valence-corrected chi connectivity index (χ4v) is 4.21. The molecule has 2 saturated carbocycles. The Morgan fingerprint density at radius 1 is 1.10 bits per heavy atom. The van der Waals surface area contributed by atoms with Crippen LogP contribution in [0.15, 0.2) is 30.3 Å². The number of aliphatic carboxylic acids is 1. The molecule has 2 fully saturated rings. The van der Waals surface area contributed by atoms with Crippen LogP contribution in [0.25, 0.3) is 0 Å². The zero-order valence-corrected chi connectivity index (χ0v) is 12.6. The Morgan fingerprint density at radius 3 is 2.29 bits per heavy atom. The summed E-state index contributed by atoms with van der Waals surface area (Å²) in [6, 6.07) is 9.29. The first-order valence-corrected chi connectivity index (χ1v) is 8.22. The van der Waals surface area contributed by atoms with Crippen LogP contribution >= 0.6 is 0 Å². The summed E-state index contributed by atoms with van der Waals surface area (Å²) in [7, 11) is 0. The largest absolute Gasteiger partial charge is 0.480 e. The molecular formula is C18H25NO2. The van der Waals surface area contributed by atoms with Crippen molar-refractivity contribution in [1.82, 2.24) is 5.32 Å². The Balaban J connectivity index is 1.61. The van der Waals surface area contributed by atoms with E-state index in [0.717, 1.165) is 18.4 Å². The van der Waals surface area contributed by atoms with Crippen molar-refractivity contribution in [2.75, 3.05) is 0 Å². The summed E-state index contributed by atoms with van der Waals surface area (Å²) in [5, 5.41) is 12.9. The van der Waals surface area contributed by atoms with Gasteiger partial charge in [-0.15, -0.1) is 0 Å². The quantitative estimate of drug-likeness (QED) is 0.883. The Labute approximate surface area is 126 Å². The predicted octanol–water partition coefficient (Wildman–Crippen LogP) is 3.90. The smallest absolute Gasteiger partial charge is 0.325 e.